The van der Waals surface area contributed by atoms with Crippen molar-refractivity contribution in [2.75, 3.05) is 43.9 Å². The molecule has 1 unspecified atom stereocenters. The number of likely N-dealkylation sites (tertiary alicyclic amines) is 1. The molecule has 3 fully saturated rings. The average Bonchev–Trinajstić information content (AvgIpc) is 3.75. The van der Waals surface area contributed by atoms with E-state index in [1.165, 1.54) is 25.3 Å². The van der Waals surface area contributed by atoms with Gasteiger partial charge in [-0.1, -0.05) is 12.1 Å². The quantitative estimate of drug-likeness (QED) is 0.141. The molecule has 0 radical (unpaired) electrons. The van der Waals surface area contributed by atoms with Crippen molar-refractivity contribution in [2.24, 2.45) is 11.8 Å². The van der Waals surface area contributed by atoms with Crippen molar-refractivity contribution in [1.29, 1.82) is 0 Å². The van der Waals surface area contributed by atoms with Gasteiger partial charge in [0.25, 0.3) is 23.6 Å². The number of imide groups is 2. The van der Waals surface area contributed by atoms with Crippen LogP contribution in [0.15, 0.2) is 54.7 Å². The van der Waals surface area contributed by atoms with E-state index < -0.39 is 47.2 Å². The Hall–Kier alpha value is -5.77. The highest BCUT2D eigenvalue weighted by molar-refractivity contribution is 6.25. The fraction of sp³-hybridized carbons (Fsp3) is 0.465. The van der Waals surface area contributed by atoms with E-state index in [9.17, 15) is 32.8 Å². The first-order valence-corrected chi connectivity index (χ1v) is 20.4. The lowest BCUT2D eigenvalue weighted by Crippen LogP contribution is -2.54. The molecule has 0 bridgehead atoms. The van der Waals surface area contributed by atoms with Crippen LogP contribution in [-0.2, 0) is 15.5 Å². The molecule has 0 spiro atoms. The number of alkyl halides is 2. The molecule has 16 heteroatoms. The Labute approximate surface area is 340 Å². The Balaban J connectivity index is 0.793. The van der Waals surface area contributed by atoms with E-state index in [1.54, 1.807) is 30.3 Å². The number of hydrogen-bond donors (Lipinski definition) is 3. The van der Waals surface area contributed by atoms with E-state index in [4.69, 9.17) is 9.84 Å². The van der Waals surface area contributed by atoms with E-state index in [0.29, 0.717) is 35.5 Å². The van der Waals surface area contributed by atoms with Gasteiger partial charge in [-0.05, 0) is 107 Å². The molecule has 8 rings (SSSR count). The molecule has 4 aliphatic rings. The van der Waals surface area contributed by atoms with Gasteiger partial charge in [0.1, 0.15) is 23.2 Å². The van der Waals surface area contributed by atoms with Crippen LogP contribution in [0.4, 0.5) is 20.2 Å². The van der Waals surface area contributed by atoms with Gasteiger partial charge in [0.15, 0.2) is 0 Å². The molecule has 2 aromatic heterocycles. The topological polar surface area (TPSA) is 168 Å². The van der Waals surface area contributed by atoms with E-state index >= 15 is 0 Å². The predicted octanol–water partition coefficient (Wildman–Crippen LogP) is 6.15. The summed E-state index contributed by atoms with van der Waals surface area (Å²) in [6, 6.07) is 11.9. The van der Waals surface area contributed by atoms with E-state index in [2.05, 4.69) is 25.8 Å². The van der Waals surface area contributed by atoms with E-state index in [-0.39, 0.29) is 35.7 Å². The normalized spacial score (nSPS) is 21.8. The van der Waals surface area contributed by atoms with Crippen molar-refractivity contribution in [3.8, 4) is 5.75 Å². The molecule has 1 atom stereocenters. The maximum absolute atomic E-state index is 13.8. The maximum Gasteiger partial charge on any atom is 0.287 e. The zero-order chi connectivity index (χ0) is 41.4. The lowest BCUT2D eigenvalue weighted by molar-refractivity contribution is -0.136. The number of fused-ring (bicyclic) bond motifs is 2. The Morgan fingerprint density at radius 1 is 0.932 bits per heavy atom. The number of carbonyl (C=O) groups excluding carboxylic acids is 5. The van der Waals surface area contributed by atoms with Crippen LogP contribution in [0.3, 0.4) is 0 Å². The molecule has 59 heavy (non-hydrogen) atoms. The minimum atomic E-state index is -3.17. The minimum Gasteiger partial charge on any atom is -0.494 e. The Bertz CT molecular complexity index is 2290. The number of piperidine rings is 2. The smallest absolute Gasteiger partial charge is 0.287 e. The molecule has 1 saturated carbocycles. The number of halogens is 2. The molecule has 5 amide bonds. The summed E-state index contributed by atoms with van der Waals surface area (Å²) in [7, 11) is 1.50. The second kappa shape index (κ2) is 16.5. The van der Waals surface area contributed by atoms with Crippen LogP contribution < -0.4 is 20.7 Å². The first-order valence-electron chi connectivity index (χ1n) is 20.4. The number of hydrogen-bond acceptors (Lipinski definition) is 10. The first-order chi connectivity index (χ1) is 28.4. The highest BCUT2D eigenvalue weighted by Gasteiger charge is 2.45. The second-order valence-corrected chi connectivity index (χ2v) is 16.3. The number of carbonyl (C=O) groups is 5. The van der Waals surface area contributed by atoms with Crippen molar-refractivity contribution in [2.45, 2.75) is 82.7 Å². The van der Waals surface area contributed by atoms with Gasteiger partial charge in [0.05, 0.1) is 35.5 Å². The Kier molecular flexibility index (Phi) is 11.2. The lowest BCUT2D eigenvalue weighted by Gasteiger charge is -2.36. The fourth-order valence-electron chi connectivity index (χ4n) is 9.01. The van der Waals surface area contributed by atoms with Gasteiger partial charge in [-0.3, -0.25) is 38.9 Å². The Morgan fingerprint density at radius 2 is 1.69 bits per heavy atom. The van der Waals surface area contributed by atoms with Gasteiger partial charge in [0, 0.05) is 49.8 Å². The zero-order valence-electron chi connectivity index (χ0n) is 33.1. The van der Waals surface area contributed by atoms with Gasteiger partial charge < -0.3 is 20.3 Å². The van der Waals surface area contributed by atoms with E-state index in [0.717, 1.165) is 87.3 Å². The summed E-state index contributed by atoms with van der Waals surface area (Å²) in [5.74, 6) is -4.26. The number of ether oxygens (including phenoxy) is 1. The number of rotatable bonds is 12. The number of pyridine rings is 1. The minimum absolute atomic E-state index is 0.0797. The Morgan fingerprint density at radius 3 is 2.42 bits per heavy atom. The SMILES string of the molecule is COc1cc2nn([C@H]3CC[C@H](CN4CCC(CCNc5cccc6c5C(=O)N(C5CCC(=O)NC5=O)C6=O)CC4)CC3)cc2cc1NC(=O)c1cccc(C(C)(F)F)n1. The predicted molar refractivity (Wildman–Crippen MR) is 214 cm³/mol. The summed E-state index contributed by atoms with van der Waals surface area (Å²) in [5.41, 5.74) is 1.69. The molecule has 2 aromatic carbocycles. The number of aromatic nitrogens is 3. The van der Waals surface area contributed by atoms with Crippen LogP contribution in [0.2, 0.25) is 0 Å². The highest BCUT2D eigenvalue weighted by Crippen LogP contribution is 2.37. The standard InChI is InChI=1S/C43H48F2N8O6/c1-43(44,45)36-8-4-7-31(47-36)39(55)48-33-21-27-24-52(50-32(27)22-35(33)59-2)28-11-9-26(10-12-28)23-51-19-16-25(17-20-51)15-18-46-30-6-3-5-29-38(30)42(58)53(41(29)57)34-13-14-37(54)49-40(34)56/h3-8,21-22,24-26,28,34,46H,9-20,23H2,1-2H3,(H,48,55)(H,49,54,56)/t26-,28-,34?. The molecule has 3 N–H and O–H groups in total. The molecule has 310 valence electrons. The third-order valence-corrected chi connectivity index (χ3v) is 12.3. The number of nitrogens with zero attached hydrogens (tertiary/aromatic N) is 5. The summed E-state index contributed by atoms with van der Waals surface area (Å²) in [6.07, 6.45) is 9.52. The number of methoxy groups -OCH3 is 1. The van der Waals surface area contributed by atoms with Crippen LogP contribution in [0.25, 0.3) is 10.9 Å². The second-order valence-electron chi connectivity index (χ2n) is 16.3. The fourth-order valence-corrected chi connectivity index (χ4v) is 9.01. The van der Waals surface area contributed by atoms with Crippen molar-refractivity contribution < 1.29 is 37.5 Å². The van der Waals surface area contributed by atoms with Gasteiger partial charge in [-0.2, -0.15) is 13.9 Å². The van der Waals surface area contributed by atoms with Crippen LogP contribution >= 0.6 is 0 Å². The summed E-state index contributed by atoms with van der Waals surface area (Å²) < 4.78 is 35.2. The van der Waals surface area contributed by atoms with Gasteiger partial charge >= 0.3 is 0 Å². The summed E-state index contributed by atoms with van der Waals surface area (Å²) in [4.78, 5) is 71.2. The van der Waals surface area contributed by atoms with Crippen LogP contribution in [-0.4, -0.2) is 93.4 Å². The van der Waals surface area contributed by atoms with Gasteiger partial charge in [-0.15, -0.1) is 0 Å². The molecule has 2 saturated heterocycles. The van der Waals surface area contributed by atoms with Crippen molar-refractivity contribution in [3.63, 3.8) is 0 Å². The average molecular weight is 811 g/mol. The molecular formula is C43H48F2N8O6. The van der Waals surface area contributed by atoms with Crippen molar-refractivity contribution in [1.82, 2.24) is 29.9 Å². The lowest BCUT2D eigenvalue weighted by atomic mass is 9.85. The summed E-state index contributed by atoms with van der Waals surface area (Å²) >= 11 is 0. The maximum atomic E-state index is 13.8. The van der Waals surface area contributed by atoms with Crippen molar-refractivity contribution >= 4 is 51.8 Å². The number of amides is 5. The van der Waals surface area contributed by atoms with Gasteiger partial charge in [-0.25, -0.2) is 4.98 Å². The summed E-state index contributed by atoms with van der Waals surface area (Å²) in [6.45, 7) is 4.55. The molecule has 3 aliphatic heterocycles. The molecular weight excluding hydrogens is 763 g/mol. The van der Waals surface area contributed by atoms with Crippen LogP contribution in [0.1, 0.15) is 108 Å². The van der Waals surface area contributed by atoms with E-state index in [1.807, 2.05) is 10.9 Å². The highest BCUT2D eigenvalue weighted by atomic mass is 19.3. The summed E-state index contributed by atoms with van der Waals surface area (Å²) in [5, 5.41) is 14.1. The molecule has 4 aromatic rings. The largest absolute Gasteiger partial charge is 0.494 e. The molecule has 14 nitrogen and oxygen atoms in total. The number of anilines is 2. The molecule has 1 aliphatic carbocycles. The van der Waals surface area contributed by atoms with Gasteiger partial charge in [0.2, 0.25) is 11.8 Å². The third-order valence-electron chi connectivity index (χ3n) is 12.3. The number of nitrogens with one attached hydrogen (secondary N) is 3. The van der Waals surface area contributed by atoms with Crippen LogP contribution in [0, 0.1) is 11.8 Å². The first kappa shape index (κ1) is 40.0. The van der Waals surface area contributed by atoms with Crippen LogP contribution in [0.5, 0.6) is 5.75 Å². The zero-order valence-corrected chi connectivity index (χ0v) is 33.1. The monoisotopic (exact) mass is 810 g/mol. The molecule has 5 heterocycles. The number of benzene rings is 2. The third kappa shape index (κ3) is 8.40. The van der Waals surface area contributed by atoms with Crippen molar-refractivity contribution in [3.05, 3.63) is 77.2 Å².